The van der Waals surface area contributed by atoms with Gasteiger partial charge < -0.3 is 4.90 Å². The fourth-order valence-corrected chi connectivity index (χ4v) is 1.99. The molecule has 0 radical (unpaired) electrons. The number of hydrogen-bond donors (Lipinski definition) is 1. The standard InChI is InChI=1S/C12H23N3/c1-4-8-14-12(2,9-13)10-15(3)11-6-5-7-11/h11,14H,4-8,10H2,1-3H3. The Morgan fingerprint density at radius 2 is 2.20 bits per heavy atom. The Hall–Kier alpha value is -0.590. The highest BCUT2D eigenvalue weighted by Crippen LogP contribution is 2.24. The van der Waals surface area contributed by atoms with E-state index in [0.717, 1.165) is 19.5 Å². The Morgan fingerprint density at radius 1 is 1.53 bits per heavy atom. The van der Waals surface area contributed by atoms with Gasteiger partial charge in [-0.05, 0) is 39.8 Å². The number of rotatable bonds is 6. The maximum Gasteiger partial charge on any atom is 0.116 e. The van der Waals surface area contributed by atoms with Gasteiger partial charge in [-0.3, -0.25) is 5.32 Å². The molecular formula is C12H23N3. The Morgan fingerprint density at radius 3 is 2.60 bits per heavy atom. The monoisotopic (exact) mass is 209 g/mol. The third-order valence-corrected chi connectivity index (χ3v) is 3.28. The van der Waals surface area contributed by atoms with Crippen LogP contribution in [0.2, 0.25) is 0 Å². The minimum absolute atomic E-state index is 0.389. The van der Waals surface area contributed by atoms with Crippen LogP contribution < -0.4 is 5.32 Å². The number of nitrogens with zero attached hydrogens (tertiary/aromatic N) is 2. The third-order valence-electron chi connectivity index (χ3n) is 3.28. The molecule has 3 nitrogen and oxygen atoms in total. The predicted octanol–water partition coefficient (Wildman–Crippen LogP) is 1.75. The summed E-state index contributed by atoms with van der Waals surface area (Å²) >= 11 is 0. The summed E-state index contributed by atoms with van der Waals surface area (Å²) in [6.45, 7) is 5.87. The molecule has 1 unspecified atom stereocenters. The first kappa shape index (κ1) is 12.5. The summed E-state index contributed by atoms with van der Waals surface area (Å²) < 4.78 is 0. The molecule has 0 amide bonds. The molecule has 0 spiro atoms. The fraction of sp³-hybridized carbons (Fsp3) is 0.917. The SMILES string of the molecule is CCCNC(C)(C#N)CN(C)C1CCC1. The van der Waals surface area contributed by atoms with Crippen molar-refractivity contribution >= 4 is 0 Å². The molecule has 1 N–H and O–H groups in total. The molecule has 86 valence electrons. The van der Waals surface area contributed by atoms with Gasteiger partial charge >= 0.3 is 0 Å². The molecule has 1 rings (SSSR count). The molecule has 1 aliphatic carbocycles. The molecule has 0 aromatic rings. The lowest BCUT2D eigenvalue weighted by molar-refractivity contribution is 0.134. The summed E-state index contributed by atoms with van der Waals surface area (Å²) in [5.74, 6) is 0. The van der Waals surface area contributed by atoms with E-state index in [-0.39, 0.29) is 5.54 Å². The van der Waals surface area contributed by atoms with Crippen molar-refractivity contribution < 1.29 is 0 Å². The molecule has 3 heteroatoms. The molecule has 1 atom stereocenters. The molecule has 0 aromatic heterocycles. The fourth-order valence-electron chi connectivity index (χ4n) is 1.99. The van der Waals surface area contributed by atoms with Crippen LogP contribution in [0.25, 0.3) is 0 Å². The zero-order valence-corrected chi connectivity index (χ0v) is 10.2. The summed E-state index contributed by atoms with van der Waals surface area (Å²) in [7, 11) is 2.13. The second-order valence-corrected chi connectivity index (χ2v) is 4.87. The van der Waals surface area contributed by atoms with Gasteiger partial charge in [-0.1, -0.05) is 13.3 Å². The van der Waals surface area contributed by atoms with Crippen molar-refractivity contribution in [1.29, 1.82) is 5.26 Å². The van der Waals surface area contributed by atoms with Gasteiger partial charge in [-0.25, -0.2) is 0 Å². The molecule has 0 heterocycles. The maximum absolute atomic E-state index is 9.19. The van der Waals surface area contributed by atoms with E-state index < -0.39 is 0 Å². The van der Waals surface area contributed by atoms with Crippen molar-refractivity contribution in [2.24, 2.45) is 0 Å². The van der Waals surface area contributed by atoms with E-state index in [2.05, 4.69) is 30.3 Å². The number of nitrogens with one attached hydrogen (secondary N) is 1. The van der Waals surface area contributed by atoms with E-state index in [1.165, 1.54) is 19.3 Å². The van der Waals surface area contributed by atoms with E-state index >= 15 is 0 Å². The lowest BCUT2D eigenvalue weighted by Crippen LogP contribution is -2.53. The van der Waals surface area contributed by atoms with Crippen LogP contribution in [0, 0.1) is 11.3 Å². The van der Waals surface area contributed by atoms with Crippen LogP contribution in [0.5, 0.6) is 0 Å². The lowest BCUT2D eigenvalue weighted by Gasteiger charge is -2.38. The van der Waals surface area contributed by atoms with Crippen molar-refractivity contribution in [3.63, 3.8) is 0 Å². The summed E-state index contributed by atoms with van der Waals surface area (Å²) in [6.07, 6.45) is 5.02. The molecule has 0 bridgehead atoms. The van der Waals surface area contributed by atoms with E-state index in [0.29, 0.717) is 6.04 Å². The smallest absolute Gasteiger partial charge is 0.116 e. The predicted molar refractivity (Wildman–Crippen MR) is 62.6 cm³/mol. The Kier molecular flexibility index (Phi) is 4.56. The van der Waals surface area contributed by atoms with Crippen molar-refractivity contribution in [2.75, 3.05) is 20.1 Å². The van der Waals surface area contributed by atoms with Crippen LogP contribution in [0.1, 0.15) is 39.5 Å². The maximum atomic E-state index is 9.19. The minimum Gasteiger partial charge on any atom is -0.301 e. The van der Waals surface area contributed by atoms with Gasteiger partial charge in [0, 0.05) is 12.6 Å². The molecule has 1 saturated carbocycles. The largest absolute Gasteiger partial charge is 0.301 e. The second kappa shape index (κ2) is 5.48. The molecule has 0 aromatic carbocycles. The number of nitriles is 1. The van der Waals surface area contributed by atoms with Gasteiger partial charge in [0.15, 0.2) is 0 Å². The van der Waals surface area contributed by atoms with Crippen LogP contribution in [0.15, 0.2) is 0 Å². The number of likely N-dealkylation sites (N-methyl/N-ethyl adjacent to an activating group) is 1. The van der Waals surface area contributed by atoms with E-state index in [9.17, 15) is 5.26 Å². The van der Waals surface area contributed by atoms with Crippen molar-refractivity contribution in [3.05, 3.63) is 0 Å². The highest BCUT2D eigenvalue weighted by molar-refractivity contribution is 5.06. The molecule has 1 aliphatic rings. The first-order valence-electron chi connectivity index (χ1n) is 5.98. The van der Waals surface area contributed by atoms with E-state index in [4.69, 9.17) is 0 Å². The molecule has 0 saturated heterocycles. The van der Waals surface area contributed by atoms with Crippen LogP contribution >= 0.6 is 0 Å². The van der Waals surface area contributed by atoms with Crippen LogP contribution in [0.3, 0.4) is 0 Å². The van der Waals surface area contributed by atoms with Gasteiger partial charge in [0.25, 0.3) is 0 Å². The zero-order chi connectivity index (χ0) is 11.3. The highest BCUT2D eigenvalue weighted by atomic mass is 15.2. The van der Waals surface area contributed by atoms with Crippen LogP contribution in [-0.4, -0.2) is 36.6 Å². The van der Waals surface area contributed by atoms with Gasteiger partial charge in [-0.2, -0.15) is 5.26 Å². The first-order valence-corrected chi connectivity index (χ1v) is 5.98. The highest BCUT2D eigenvalue weighted by Gasteiger charge is 2.30. The Bertz CT molecular complexity index is 230. The normalized spacial score (nSPS) is 20.7. The third kappa shape index (κ3) is 3.48. The quantitative estimate of drug-likeness (QED) is 0.724. The average Bonchev–Trinajstić information content (AvgIpc) is 2.12. The minimum atomic E-state index is -0.389. The van der Waals surface area contributed by atoms with Gasteiger partial charge in [0.2, 0.25) is 0 Å². The van der Waals surface area contributed by atoms with Crippen molar-refractivity contribution in [1.82, 2.24) is 10.2 Å². The van der Waals surface area contributed by atoms with E-state index in [1.807, 2.05) is 6.92 Å². The molecular weight excluding hydrogens is 186 g/mol. The lowest BCUT2D eigenvalue weighted by atomic mass is 9.90. The zero-order valence-electron chi connectivity index (χ0n) is 10.2. The van der Waals surface area contributed by atoms with Gasteiger partial charge in [0.1, 0.15) is 5.54 Å². The summed E-state index contributed by atoms with van der Waals surface area (Å²) in [6, 6.07) is 3.10. The summed E-state index contributed by atoms with van der Waals surface area (Å²) in [5.41, 5.74) is -0.389. The van der Waals surface area contributed by atoms with Crippen LogP contribution in [0.4, 0.5) is 0 Å². The van der Waals surface area contributed by atoms with Crippen molar-refractivity contribution in [2.45, 2.75) is 51.1 Å². The first-order chi connectivity index (χ1) is 7.11. The van der Waals surface area contributed by atoms with Crippen LogP contribution in [-0.2, 0) is 0 Å². The molecule has 1 fully saturated rings. The van der Waals surface area contributed by atoms with Crippen molar-refractivity contribution in [3.8, 4) is 6.07 Å². The Balaban J connectivity index is 2.40. The summed E-state index contributed by atoms with van der Waals surface area (Å²) in [5, 5.41) is 12.5. The second-order valence-electron chi connectivity index (χ2n) is 4.87. The average molecular weight is 209 g/mol. The van der Waals surface area contributed by atoms with Gasteiger partial charge in [0.05, 0.1) is 6.07 Å². The Labute approximate surface area is 93.5 Å². The van der Waals surface area contributed by atoms with E-state index in [1.54, 1.807) is 0 Å². The summed E-state index contributed by atoms with van der Waals surface area (Å²) in [4.78, 5) is 2.33. The number of hydrogen-bond acceptors (Lipinski definition) is 3. The van der Waals surface area contributed by atoms with Gasteiger partial charge in [-0.15, -0.1) is 0 Å². The topological polar surface area (TPSA) is 39.1 Å². The molecule has 15 heavy (non-hydrogen) atoms. The molecule has 0 aliphatic heterocycles.